The van der Waals surface area contributed by atoms with Gasteiger partial charge in [-0.05, 0) is 20.3 Å². The highest BCUT2D eigenvalue weighted by Crippen LogP contribution is 1.94. The minimum Gasteiger partial charge on any atom is -0.380 e. The second-order valence-corrected chi connectivity index (χ2v) is 3.83. The number of hydrogen-bond donors (Lipinski definition) is 0. The molecule has 0 bridgehead atoms. The number of ether oxygens (including phenoxy) is 3. The zero-order valence-corrected chi connectivity index (χ0v) is 11.9. The molecule has 18 heavy (non-hydrogen) atoms. The maximum Gasteiger partial charge on any atom is 0.248 e. The number of carbonyl (C=O) groups excluding carboxylic acids is 1. The molecule has 0 atom stereocenters. The predicted octanol–water partition coefficient (Wildman–Crippen LogP) is 1.31. The summed E-state index contributed by atoms with van der Waals surface area (Å²) in [6.45, 7) is 10.3. The van der Waals surface area contributed by atoms with Crippen LogP contribution in [0.5, 0.6) is 0 Å². The highest BCUT2D eigenvalue weighted by atomic mass is 16.5. The van der Waals surface area contributed by atoms with E-state index in [0.29, 0.717) is 46.1 Å². The normalized spacial score (nSPS) is 10.6. The van der Waals surface area contributed by atoms with Crippen LogP contribution in [-0.4, -0.2) is 63.5 Å². The van der Waals surface area contributed by atoms with Gasteiger partial charge in [0.25, 0.3) is 0 Å². The van der Waals surface area contributed by atoms with E-state index in [1.165, 1.54) is 0 Å². The molecule has 0 aliphatic heterocycles. The summed E-state index contributed by atoms with van der Waals surface area (Å²) in [5, 5.41) is 0. The van der Waals surface area contributed by atoms with Gasteiger partial charge in [-0.2, -0.15) is 0 Å². The third-order valence-corrected chi connectivity index (χ3v) is 2.35. The van der Waals surface area contributed by atoms with E-state index < -0.39 is 0 Å². The zero-order valence-electron chi connectivity index (χ0n) is 11.9. The zero-order chi connectivity index (χ0) is 13.6. The molecule has 0 fully saturated rings. The fourth-order valence-electron chi connectivity index (χ4n) is 1.39. The Bertz CT molecular complexity index is 189. The lowest BCUT2D eigenvalue weighted by Gasteiger charge is -2.22. The first-order valence-corrected chi connectivity index (χ1v) is 6.77. The van der Waals surface area contributed by atoms with E-state index in [9.17, 15) is 4.79 Å². The van der Waals surface area contributed by atoms with Gasteiger partial charge in [0.15, 0.2) is 0 Å². The Hall–Kier alpha value is -0.650. The fourth-order valence-corrected chi connectivity index (χ4v) is 1.39. The fraction of sp³-hybridized carbons (Fsp3) is 0.923. The number of hydrogen-bond acceptors (Lipinski definition) is 4. The van der Waals surface area contributed by atoms with E-state index >= 15 is 0 Å². The van der Waals surface area contributed by atoms with Gasteiger partial charge in [0.05, 0.1) is 13.2 Å². The van der Waals surface area contributed by atoms with Crippen molar-refractivity contribution in [3.63, 3.8) is 0 Å². The van der Waals surface area contributed by atoms with E-state index in [0.717, 1.165) is 6.42 Å². The minimum absolute atomic E-state index is 0.00264. The van der Waals surface area contributed by atoms with Crippen LogP contribution in [0.2, 0.25) is 0 Å². The molecule has 5 heteroatoms. The first-order chi connectivity index (χ1) is 8.76. The number of rotatable bonds is 12. The highest BCUT2D eigenvalue weighted by molar-refractivity contribution is 5.77. The third kappa shape index (κ3) is 9.39. The molecule has 108 valence electrons. The van der Waals surface area contributed by atoms with Crippen molar-refractivity contribution in [1.82, 2.24) is 4.90 Å². The smallest absolute Gasteiger partial charge is 0.248 e. The number of nitrogens with zero attached hydrogens (tertiary/aromatic N) is 1. The molecular weight excluding hydrogens is 234 g/mol. The van der Waals surface area contributed by atoms with Gasteiger partial charge in [-0.1, -0.05) is 6.92 Å². The lowest BCUT2D eigenvalue weighted by Crippen LogP contribution is -2.39. The molecule has 1 amide bonds. The Morgan fingerprint density at radius 1 is 0.889 bits per heavy atom. The van der Waals surface area contributed by atoms with Crippen LogP contribution in [0.3, 0.4) is 0 Å². The second-order valence-electron chi connectivity index (χ2n) is 3.83. The topological polar surface area (TPSA) is 48.0 Å². The average molecular weight is 261 g/mol. The monoisotopic (exact) mass is 261 g/mol. The van der Waals surface area contributed by atoms with Crippen LogP contribution in [0.1, 0.15) is 27.2 Å². The molecule has 5 nitrogen and oxygen atoms in total. The summed E-state index contributed by atoms with van der Waals surface area (Å²) >= 11 is 0. The Morgan fingerprint density at radius 2 is 1.44 bits per heavy atom. The molecule has 0 aromatic carbocycles. The van der Waals surface area contributed by atoms with Crippen LogP contribution in [0, 0.1) is 0 Å². The standard InChI is InChI=1S/C13H27NO4/c1-4-9-18-12-13(15)14(7-10-16-5-2)8-11-17-6-3/h4-12H2,1-3H3. The van der Waals surface area contributed by atoms with Crippen LogP contribution in [-0.2, 0) is 19.0 Å². The van der Waals surface area contributed by atoms with Crippen molar-refractivity contribution in [2.75, 3.05) is 52.7 Å². The third-order valence-electron chi connectivity index (χ3n) is 2.35. The van der Waals surface area contributed by atoms with Crippen molar-refractivity contribution in [2.24, 2.45) is 0 Å². The van der Waals surface area contributed by atoms with E-state index in [2.05, 4.69) is 0 Å². The molecule has 0 saturated carbocycles. The summed E-state index contributed by atoms with van der Waals surface area (Å²) < 4.78 is 15.8. The van der Waals surface area contributed by atoms with Crippen molar-refractivity contribution >= 4 is 5.91 Å². The van der Waals surface area contributed by atoms with Crippen LogP contribution in [0.15, 0.2) is 0 Å². The first kappa shape index (κ1) is 17.4. The Balaban J connectivity index is 3.95. The SMILES string of the molecule is CCCOCC(=O)N(CCOCC)CCOCC. The quantitative estimate of drug-likeness (QED) is 0.497. The first-order valence-electron chi connectivity index (χ1n) is 6.77. The number of amides is 1. The Morgan fingerprint density at radius 3 is 1.89 bits per heavy atom. The summed E-state index contributed by atoms with van der Waals surface area (Å²) in [5.41, 5.74) is 0. The Kier molecular flexibility index (Phi) is 12.3. The average Bonchev–Trinajstić information content (AvgIpc) is 2.37. The molecular formula is C13H27NO4. The van der Waals surface area contributed by atoms with Gasteiger partial charge in [0.1, 0.15) is 6.61 Å². The maximum absolute atomic E-state index is 11.9. The van der Waals surface area contributed by atoms with Gasteiger partial charge in [0.2, 0.25) is 5.91 Å². The van der Waals surface area contributed by atoms with Crippen molar-refractivity contribution < 1.29 is 19.0 Å². The van der Waals surface area contributed by atoms with E-state index in [-0.39, 0.29) is 12.5 Å². The van der Waals surface area contributed by atoms with Crippen LogP contribution in [0.25, 0.3) is 0 Å². The maximum atomic E-state index is 11.9. The van der Waals surface area contributed by atoms with E-state index in [4.69, 9.17) is 14.2 Å². The molecule has 0 aromatic heterocycles. The molecule has 0 rings (SSSR count). The van der Waals surface area contributed by atoms with Crippen LogP contribution >= 0.6 is 0 Å². The molecule has 0 aliphatic carbocycles. The summed E-state index contributed by atoms with van der Waals surface area (Å²) in [5.74, 6) is 0.00264. The largest absolute Gasteiger partial charge is 0.380 e. The molecule has 0 unspecified atom stereocenters. The molecule has 0 aliphatic rings. The molecule has 0 radical (unpaired) electrons. The number of carbonyl (C=O) groups is 1. The van der Waals surface area contributed by atoms with Crippen molar-refractivity contribution in [3.8, 4) is 0 Å². The second kappa shape index (κ2) is 12.8. The summed E-state index contributed by atoms with van der Waals surface area (Å²) in [6.07, 6.45) is 0.922. The summed E-state index contributed by atoms with van der Waals surface area (Å²) in [6, 6.07) is 0. The Labute approximate surface area is 110 Å². The van der Waals surface area contributed by atoms with Gasteiger partial charge < -0.3 is 19.1 Å². The van der Waals surface area contributed by atoms with Gasteiger partial charge in [-0.25, -0.2) is 0 Å². The highest BCUT2D eigenvalue weighted by Gasteiger charge is 2.12. The molecule has 0 aromatic rings. The minimum atomic E-state index is 0.00264. The molecule has 0 saturated heterocycles. The van der Waals surface area contributed by atoms with Crippen molar-refractivity contribution in [3.05, 3.63) is 0 Å². The summed E-state index contributed by atoms with van der Waals surface area (Å²) in [4.78, 5) is 13.6. The van der Waals surface area contributed by atoms with Crippen molar-refractivity contribution in [2.45, 2.75) is 27.2 Å². The van der Waals surface area contributed by atoms with Crippen LogP contribution < -0.4 is 0 Å². The summed E-state index contributed by atoms with van der Waals surface area (Å²) in [7, 11) is 0. The van der Waals surface area contributed by atoms with E-state index in [1.54, 1.807) is 4.90 Å². The van der Waals surface area contributed by atoms with Crippen LogP contribution in [0.4, 0.5) is 0 Å². The van der Waals surface area contributed by atoms with Gasteiger partial charge in [-0.3, -0.25) is 4.79 Å². The van der Waals surface area contributed by atoms with Gasteiger partial charge in [0, 0.05) is 32.9 Å². The molecule has 0 heterocycles. The predicted molar refractivity (Wildman–Crippen MR) is 70.7 cm³/mol. The van der Waals surface area contributed by atoms with Gasteiger partial charge >= 0.3 is 0 Å². The molecule has 0 spiro atoms. The van der Waals surface area contributed by atoms with Crippen molar-refractivity contribution in [1.29, 1.82) is 0 Å². The lowest BCUT2D eigenvalue weighted by molar-refractivity contribution is -0.137. The van der Waals surface area contributed by atoms with Gasteiger partial charge in [-0.15, -0.1) is 0 Å². The lowest BCUT2D eigenvalue weighted by atomic mass is 10.4. The molecule has 0 N–H and O–H groups in total. The van der Waals surface area contributed by atoms with E-state index in [1.807, 2.05) is 20.8 Å².